The van der Waals surface area contributed by atoms with Crippen LogP contribution in [0.2, 0.25) is 0 Å². The first-order valence-corrected chi connectivity index (χ1v) is 7.06. The molecule has 1 aromatic carbocycles. The number of hydrogen-bond donors (Lipinski definition) is 0. The standard InChI is InChI=1S/C14H16BrF/c15-13(14-11-5-2-6-12(11)14)8-9-3-1-4-10(16)7-9/h1,3-4,7,11-14H,2,5-6,8H2. The lowest BCUT2D eigenvalue weighted by molar-refractivity contribution is 0.567. The van der Waals surface area contributed by atoms with E-state index in [0.29, 0.717) is 4.83 Å². The molecule has 3 unspecified atom stereocenters. The Hall–Kier alpha value is -0.370. The molecule has 2 aliphatic rings. The molecule has 3 rings (SSSR count). The summed E-state index contributed by atoms with van der Waals surface area (Å²) in [7, 11) is 0. The molecule has 0 heterocycles. The summed E-state index contributed by atoms with van der Waals surface area (Å²) in [5, 5.41) is 0. The Morgan fingerprint density at radius 2 is 2.06 bits per heavy atom. The lowest BCUT2D eigenvalue weighted by Gasteiger charge is -2.11. The lowest BCUT2D eigenvalue weighted by atomic mass is 10.0. The summed E-state index contributed by atoms with van der Waals surface area (Å²) in [4.78, 5) is 0.546. The molecule has 86 valence electrons. The average molecular weight is 283 g/mol. The van der Waals surface area contributed by atoms with Gasteiger partial charge in [0.15, 0.2) is 0 Å². The molecule has 0 saturated heterocycles. The fourth-order valence-corrected chi connectivity index (χ4v) is 4.60. The third-order valence-corrected chi connectivity index (χ3v) is 5.14. The van der Waals surface area contributed by atoms with E-state index >= 15 is 0 Å². The molecule has 0 N–H and O–H groups in total. The molecule has 2 aliphatic carbocycles. The second kappa shape index (κ2) is 4.14. The number of rotatable bonds is 3. The fraction of sp³-hybridized carbons (Fsp3) is 0.571. The number of benzene rings is 1. The Bertz CT molecular complexity index is 380. The van der Waals surface area contributed by atoms with E-state index in [4.69, 9.17) is 0 Å². The molecule has 0 amide bonds. The van der Waals surface area contributed by atoms with Gasteiger partial charge in [-0.1, -0.05) is 34.5 Å². The minimum absolute atomic E-state index is 0.117. The van der Waals surface area contributed by atoms with Gasteiger partial charge in [-0.25, -0.2) is 4.39 Å². The first kappa shape index (κ1) is 10.8. The van der Waals surface area contributed by atoms with Crippen molar-refractivity contribution in [2.75, 3.05) is 0 Å². The van der Waals surface area contributed by atoms with Crippen LogP contribution in [0.15, 0.2) is 24.3 Å². The lowest BCUT2D eigenvalue weighted by Crippen LogP contribution is -2.09. The van der Waals surface area contributed by atoms with Crippen LogP contribution in [-0.4, -0.2) is 4.83 Å². The largest absolute Gasteiger partial charge is 0.207 e. The highest BCUT2D eigenvalue weighted by Crippen LogP contribution is 2.60. The molecular weight excluding hydrogens is 267 g/mol. The van der Waals surface area contributed by atoms with Crippen molar-refractivity contribution in [1.82, 2.24) is 0 Å². The van der Waals surface area contributed by atoms with Crippen molar-refractivity contribution in [3.05, 3.63) is 35.6 Å². The van der Waals surface area contributed by atoms with Crippen molar-refractivity contribution >= 4 is 15.9 Å². The van der Waals surface area contributed by atoms with Gasteiger partial charge in [-0.3, -0.25) is 0 Å². The van der Waals surface area contributed by atoms with Crippen molar-refractivity contribution in [1.29, 1.82) is 0 Å². The molecule has 1 aromatic rings. The van der Waals surface area contributed by atoms with Crippen LogP contribution in [0.25, 0.3) is 0 Å². The van der Waals surface area contributed by atoms with E-state index in [1.807, 2.05) is 6.07 Å². The Kier molecular flexibility index (Phi) is 2.78. The SMILES string of the molecule is Fc1cccc(CC(Br)C2C3CCCC32)c1. The first-order valence-electron chi connectivity index (χ1n) is 6.14. The van der Waals surface area contributed by atoms with Gasteiger partial charge in [-0.05, 0) is 54.7 Å². The second-order valence-corrected chi connectivity index (χ2v) is 6.36. The molecule has 2 fully saturated rings. The number of fused-ring (bicyclic) bond motifs is 1. The van der Waals surface area contributed by atoms with Crippen LogP contribution in [-0.2, 0) is 6.42 Å². The molecule has 2 heteroatoms. The third-order valence-electron chi connectivity index (χ3n) is 4.21. The summed E-state index contributed by atoms with van der Waals surface area (Å²) in [6.45, 7) is 0. The number of alkyl halides is 1. The van der Waals surface area contributed by atoms with Crippen LogP contribution in [0.4, 0.5) is 4.39 Å². The minimum Gasteiger partial charge on any atom is -0.207 e. The summed E-state index contributed by atoms with van der Waals surface area (Å²) in [5.41, 5.74) is 1.12. The highest BCUT2D eigenvalue weighted by Gasteiger charge is 2.54. The van der Waals surface area contributed by atoms with Gasteiger partial charge in [0.2, 0.25) is 0 Å². The van der Waals surface area contributed by atoms with E-state index in [1.165, 1.54) is 25.3 Å². The van der Waals surface area contributed by atoms with Gasteiger partial charge in [0, 0.05) is 4.83 Å². The normalized spacial score (nSPS) is 33.5. The molecule has 0 radical (unpaired) electrons. The van der Waals surface area contributed by atoms with E-state index in [1.54, 1.807) is 12.1 Å². The van der Waals surface area contributed by atoms with Gasteiger partial charge >= 0.3 is 0 Å². The van der Waals surface area contributed by atoms with Crippen LogP contribution < -0.4 is 0 Å². The summed E-state index contributed by atoms with van der Waals surface area (Å²) in [5.74, 6) is 2.68. The van der Waals surface area contributed by atoms with E-state index in [9.17, 15) is 4.39 Å². The quantitative estimate of drug-likeness (QED) is 0.730. The van der Waals surface area contributed by atoms with Gasteiger partial charge in [0.05, 0.1) is 0 Å². The molecule has 0 spiro atoms. The summed E-state index contributed by atoms with van der Waals surface area (Å²) in [6, 6.07) is 7.00. The van der Waals surface area contributed by atoms with Crippen LogP contribution in [0.3, 0.4) is 0 Å². The molecular formula is C14H16BrF. The maximum Gasteiger partial charge on any atom is 0.123 e. The maximum absolute atomic E-state index is 13.0. The molecule has 0 aromatic heterocycles. The van der Waals surface area contributed by atoms with E-state index in [2.05, 4.69) is 15.9 Å². The van der Waals surface area contributed by atoms with Crippen LogP contribution in [0, 0.1) is 23.6 Å². The predicted octanol–water partition coefficient (Wildman–Crippen LogP) is 4.18. The summed E-state index contributed by atoms with van der Waals surface area (Å²) >= 11 is 3.80. The van der Waals surface area contributed by atoms with Crippen molar-refractivity contribution in [3.8, 4) is 0 Å². The third kappa shape index (κ3) is 1.92. The van der Waals surface area contributed by atoms with Crippen LogP contribution in [0.5, 0.6) is 0 Å². The highest BCUT2D eigenvalue weighted by atomic mass is 79.9. The van der Waals surface area contributed by atoms with E-state index in [0.717, 1.165) is 29.7 Å². The monoisotopic (exact) mass is 282 g/mol. The Balaban J connectivity index is 1.63. The Labute approximate surface area is 104 Å². The molecule has 0 aliphatic heterocycles. The fourth-order valence-electron chi connectivity index (χ4n) is 3.44. The van der Waals surface area contributed by atoms with Gasteiger partial charge in [0.1, 0.15) is 5.82 Å². The zero-order chi connectivity index (χ0) is 11.1. The van der Waals surface area contributed by atoms with E-state index < -0.39 is 0 Å². The maximum atomic E-state index is 13.0. The van der Waals surface area contributed by atoms with Gasteiger partial charge in [0.25, 0.3) is 0 Å². The number of halogens is 2. The average Bonchev–Trinajstić information content (AvgIpc) is 2.73. The smallest absolute Gasteiger partial charge is 0.123 e. The second-order valence-electron chi connectivity index (χ2n) is 5.19. The van der Waals surface area contributed by atoms with Crippen molar-refractivity contribution < 1.29 is 4.39 Å². The minimum atomic E-state index is -0.117. The molecule has 16 heavy (non-hydrogen) atoms. The molecule has 2 saturated carbocycles. The van der Waals surface area contributed by atoms with Crippen molar-refractivity contribution in [2.24, 2.45) is 17.8 Å². The Morgan fingerprint density at radius 3 is 2.75 bits per heavy atom. The van der Waals surface area contributed by atoms with Crippen LogP contribution in [0.1, 0.15) is 24.8 Å². The summed E-state index contributed by atoms with van der Waals surface area (Å²) < 4.78 is 13.0. The topological polar surface area (TPSA) is 0 Å². The predicted molar refractivity (Wildman–Crippen MR) is 67.1 cm³/mol. The zero-order valence-electron chi connectivity index (χ0n) is 9.20. The zero-order valence-corrected chi connectivity index (χ0v) is 10.8. The van der Waals surface area contributed by atoms with Crippen molar-refractivity contribution in [3.63, 3.8) is 0 Å². The number of hydrogen-bond acceptors (Lipinski definition) is 0. The highest BCUT2D eigenvalue weighted by molar-refractivity contribution is 9.09. The van der Waals surface area contributed by atoms with Gasteiger partial charge in [-0.15, -0.1) is 0 Å². The first-order chi connectivity index (χ1) is 7.75. The van der Waals surface area contributed by atoms with Gasteiger partial charge in [-0.2, -0.15) is 0 Å². The molecule has 0 nitrogen and oxygen atoms in total. The van der Waals surface area contributed by atoms with Crippen molar-refractivity contribution in [2.45, 2.75) is 30.5 Å². The van der Waals surface area contributed by atoms with E-state index in [-0.39, 0.29) is 5.82 Å². The van der Waals surface area contributed by atoms with Crippen LogP contribution >= 0.6 is 15.9 Å². The molecule has 3 atom stereocenters. The summed E-state index contributed by atoms with van der Waals surface area (Å²) in [6.07, 6.45) is 5.22. The van der Waals surface area contributed by atoms with Gasteiger partial charge < -0.3 is 0 Å². The Morgan fingerprint density at radius 1 is 1.31 bits per heavy atom. The molecule has 0 bridgehead atoms.